The molecule has 4 nitrogen and oxygen atoms in total. The van der Waals surface area contributed by atoms with Gasteiger partial charge in [-0.1, -0.05) is 24.3 Å². The van der Waals surface area contributed by atoms with Crippen molar-refractivity contribution in [2.45, 2.75) is 51.4 Å². The maximum atomic E-state index is 10.2. The summed E-state index contributed by atoms with van der Waals surface area (Å²) >= 11 is 0. The van der Waals surface area contributed by atoms with E-state index in [0.717, 1.165) is 25.7 Å². The van der Waals surface area contributed by atoms with Gasteiger partial charge < -0.3 is 10.2 Å². The highest BCUT2D eigenvalue weighted by atomic mass is 16.4. The number of unbranched alkanes of at least 4 members (excludes halogenated alkanes) is 3. The summed E-state index contributed by atoms with van der Waals surface area (Å²) in [4.78, 5) is 20.5. The predicted molar refractivity (Wildman–Crippen MR) is 70.5 cm³/mol. The van der Waals surface area contributed by atoms with Gasteiger partial charge in [0.2, 0.25) is 0 Å². The summed E-state index contributed by atoms with van der Waals surface area (Å²) in [5.41, 5.74) is 0. The van der Waals surface area contributed by atoms with Crippen molar-refractivity contribution in [1.82, 2.24) is 0 Å². The third-order valence-electron chi connectivity index (χ3n) is 2.36. The lowest BCUT2D eigenvalue weighted by molar-refractivity contribution is -0.138. The van der Waals surface area contributed by atoms with Crippen LogP contribution in [0, 0.1) is 0 Å². The van der Waals surface area contributed by atoms with Crippen LogP contribution in [0.2, 0.25) is 0 Å². The number of carboxylic acid groups (broad SMARTS) is 2. The molecule has 0 aliphatic heterocycles. The molecule has 0 bridgehead atoms. The average Bonchev–Trinajstić information content (AvgIpc) is 2.29. The fourth-order valence-electron chi connectivity index (χ4n) is 1.41. The lowest BCUT2D eigenvalue weighted by atomic mass is 10.2. The smallest absolute Gasteiger partial charge is 0.303 e. The Morgan fingerprint density at radius 2 is 1.00 bits per heavy atom. The molecule has 0 aromatic heterocycles. The summed E-state index contributed by atoms with van der Waals surface area (Å²) in [6.07, 6.45) is 13.5. The molecule has 18 heavy (non-hydrogen) atoms. The Hall–Kier alpha value is -1.58. The van der Waals surface area contributed by atoms with Crippen LogP contribution in [0.25, 0.3) is 0 Å². The van der Waals surface area contributed by atoms with Crippen LogP contribution in [0.4, 0.5) is 0 Å². The number of hydrogen-bond acceptors (Lipinski definition) is 2. The topological polar surface area (TPSA) is 74.6 Å². The molecular weight excluding hydrogens is 232 g/mol. The molecule has 0 spiro atoms. The Kier molecular flexibility index (Phi) is 10.8. The van der Waals surface area contributed by atoms with Crippen LogP contribution in [-0.2, 0) is 9.59 Å². The van der Waals surface area contributed by atoms with Crippen molar-refractivity contribution in [3.8, 4) is 0 Å². The Labute approximate surface area is 108 Å². The van der Waals surface area contributed by atoms with Crippen molar-refractivity contribution in [2.75, 3.05) is 0 Å². The minimum atomic E-state index is -0.743. The second-order valence-electron chi connectivity index (χ2n) is 4.09. The minimum Gasteiger partial charge on any atom is -0.481 e. The monoisotopic (exact) mass is 254 g/mol. The Morgan fingerprint density at radius 1 is 0.667 bits per heavy atom. The number of hydrogen-bond donors (Lipinski definition) is 2. The molecule has 102 valence electrons. The molecule has 0 saturated heterocycles. The van der Waals surface area contributed by atoms with Gasteiger partial charge in [-0.3, -0.25) is 9.59 Å². The van der Waals surface area contributed by atoms with Crippen molar-refractivity contribution in [1.29, 1.82) is 0 Å². The van der Waals surface area contributed by atoms with Crippen molar-refractivity contribution in [3.05, 3.63) is 24.3 Å². The van der Waals surface area contributed by atoms with Crippen molar-refractivity contribution in [3.63, 3.8) is 0 Å². The molecule has 0 saturated carbocycles. The van der Waals surface area contributed by atoms with Gasteiger partial charge in [0, 0.05) is 12.8 Å². The lowest BCUT2D eigenvalue weighted by Crippen LogP contribution is -1.92. The Balaban J connectivity index is 3.28. The summed E-state index contributed by atoms with van der Waals surface area (Å²) in [6.45, 7) is 0. The van der Waals surface area contributed by atoms with Crippen LogP contribution < -0.4 is 0 Å². The maximum absolute atomic E-state index is 10.2. The molecule has 0 aliphatic carbocycles. The summed E-state index contributed by atoms with van der Waals surface area (Å²) in [5, 5.41) is 16.8. The molecule has 0 aromatic rings. The largest absolute Gasteiger partial charge is 0.481 e. The molecular formula is C14H22O4. The maximum Gasteiger partial charge on any atom is 0.303 e. The first kappa shape index (κ1) is 16.4. The van der Waals surface area contributed by atoms with Gasteiger partial charge in [-0.15, -0.1) is 0 Å². The molecule has 0 unspecified atom stereocenters. The summed E-state index contributed by atoms with van der Waals surface area (Å²) in [5.74, 6) is -1.49. The van der Waals surface area contributed by atoms with E-state index in [0.29, 0.717) is 12.8 Å². The van der Waals surface area contributed by atoms with Gasteiger partial charge in [0.05, 0.1) is 0 Å². The van der Waals surface area contributed by atoms with E-state index in [1.165, 1.54) is 0 Å². The Morgan fingerprint density at radius 3 is 1.33 bits per heavy atom. The zero-order valence-corrected chi connectivity index (χ0v) is 10.7. The van der Waals surface area contributed by atoms with E-state index in [9.17, 15) is 9.59 Å². The average molecular weight is 254 g/mol. The molecule has 0 fully saturated rings. The van der Waals surface area contributed by atoms with Crippen molar-refractivity contribution in [2.24, 2.45) is 0 Å². The fraction of sp³-hybridized carbons (Fsp3) is 0.571. The normalized spacial score (nSPS) is 11.3. The van der Waals surface area contributed by atoms with Gasteiger partial charge in [0.1, 0.15) is 0 Å². The molecule has 0 heterocycles. The first-order valence-electron chi connectivity index (χ1n) is 6.36. The zero-order valence-electron chi connectivity index (χ0n) is 10.7. The van der Waals surface area contributed by atoms with Crippen molar-refractivity contribution < 1.29 is 19.8 Å². The third-order valence-corrected chi connectivity index (χ3v) is 2.36. The number of carboxylic acids is 2. The molecule has 0 atom stereocenters. The van der Waals surface area contributed by atoms with Crippen LogP contribution >= 0.6 is 0 Å². The summed E-state index contributed by atoms with van der Waals surface area (Å²) < 4.78 is 0. The van der Waals surface area contributed by atoms with Crippen LogP contribution in [-0.4, -0.2) is 22.2 Å². The van der Waals surface area contributed by atoms with Gasteiger partial charge in [0.15, 0.2) is 0 Å². The second kappa shape index (κ2) is 11.9. The van der Waals surface area contributed by atoms with Gasteiger partial charge in [-0.2, -0.15) is 0 Å². The van der Waals surface area contributed by atoms with E-state index in [4.69, 9.17) is 10.2 Å². The highest BCUT2D eigenvalue weighted by Gasteiger charge is 1.93. The van der Waals surface area contributed by atoms with Gasteiger partial charge in [-0.05, 0) is 38.5 Å². The van der Waals surface area contributed by atoms with Crippen LogP contribution in [0.3, 0.4) is 0 Å². The van der Waals surface area contributed by atoms with Gasteiger partial charge in [-0.25, -0.2) is 0 Å². The number of allylic oxidation sites excluding steroid dienone is 4. The van der Waals surface area contributed by atoms with E-state index < -0.39 is 11.9 Å². The lowest BCUT2D eigenvalue weighted by Gasteiger charge is -1.92. The number of carbonyl (C=O) groups is 2. The SMILES string of the molecule is O=C(O)CCC/C=C/CC/C=C/CCCC(=O)O. The molecule has 4 heteroatoms. The van der Waals surface area contributed by atoms with Gasteiger partial charge >= 0.3 is 11.9 Å². The van der Waals surface area contributed by atoms with Gasteiger partial charge in [0.25, 0.3) is 0 Å². The van der Waals surface area contributed by atoms with E-state index >= 15 is 0 Å². The Bertz CT molecular complexity index is 262. The van der Waals surface area contributed by atoms with Crippen LogP contribution in [0.1, 0.15) is 51.4 Å². The first-order valence-corrected chi connectivity index (χ1v) is 6.36. The minimum absolute atomic E-state index is 0.230. The molecule has 0 radical (unpaired) electrons. The van der Waals surface area contributed by atoms with Crippen molar-refractivity contribution >= 4 is 11.9 Å². The second-order valence-corrected chi connectivity index (χ2v) is 4.09. The van der Waals surface area contributed by atoms with Crippen LogP contribution in [0.5, 0.6) is 0 Å². The first-order chi connectivity index (χ1) is 8.63. The molecule has 2 N–H and O–H groups in total. The zero-order chi connectivity index (χ0) is 13.6. The molecule has 0 aromatic carbocycles. The predicted octanol–water partition coefficient (Wildman–Crippen LogP) is 3.39. The van der Waals surface area contributed by atoms with E-state index in [-0.39, 0.29) is 12.8 Å². The molecule has 0 aliphatic rings. The third kappa shape index (κ3) is 14.4. The number of rotatable bonds is 11. The van der Waals surface area contributed by atoms with E-state index in [1.807, 2.05) is 12.2 Å². The summed E-state index contributed by atoms with van der Waals surface area (Å²) in [6, 6.07) is 0. The van der Waals surface area contributed by atoms with Crippen LogP contribution in [0.15, 0.2) is 24.3 Å². The summed E-state index contributed by atoms with van der Waals surface area (Å²) in [7, 11) is 0. The quantitative estimate of drug-likeness (QED) is 0.438. The van der Waals surface area contributed by atoms with E-state index in [2.05, 4.69) is 12.2 Å². The standard InChI is InChI=1S/C14H22O4/c15-13(16)11-9-7-5-3-1-2-4-6-8-10-12-14(17)18/h3-6H,1-2,7-12H2,(H,15,16)(H,17,18)/b5-3+,6-4+. The highest BCUT2D eigenvalue weighted by Crippen LogP contribution is 2.01. The number of aliphatic carboxylic acids is 2. The van der Waals surface area contributed by atoms with E-state index in [1.54, 1.807) is 0 Å². The molecule has 0 rings (SSSR count). The highest BCUT2D eigenvalue weighted by molar-refractivity contribution is 5.66. The fourth-order valence-corrected chi connectivity index (χ4v) is 1.41. The molecule has 0 amide bonds.